The number of aliphatic hydroxyl groups is 1. The lowest BCUT2D eigenvalue weighted by Crippen LogP contribution is -2.43. The van der Waals surface area contributed by atoms with E-state index in [1.807, 2.05) is 24.3 Å². The van der Waals surface area contributed by atoms with Gasteiger partial charge in [0.2, 0.25) is 0 Å². The van der Waals surface area contributed by atoms with Gasteiger partial charge in [-0.25, -0.2) is 0 Å². The number of carbonyl (C=O) groups excluding carboxylic acids is 1. The van der Waals surface area contributed by atoms with E-state index < -0.39 is 18.0 Å². The average Bonchev–Trinajstić information content (AvgIpc) is 2.81. The number of aliphatic hydroxyl groups excluding tert-OH is 1. The van der Waals surface area contributed by atoms with Crippen LogP contribution < -0.4 is 20.1 Å². The molecule has 11 nitrogen and oxygen atoms in total. The number of aromatic hydroxyl groups is 1. The first-order valence-corrected chi connectivity index (χ1v) is 11.2. The highest BCUT2D eigenvalue weighted by Crippen LogP contribution is 2.38. The third kappa shape index (κ3) is 9.08. The lowest BCUT2D eigenvalue weighted by molar-refractivity contribution is -0.143. The second kappa shape index (κ2) is 12.8. The van der Waals surface area contributed by atoms with Crippen LogP contribution in [-0.2, 0) is 20.8 Å². The molecule has 0 spiro atoms. The Hall–Kier alpha value is -3.83. The summed E-state index contributed by atoms with van der Waals surface area (Å²) in [6.45, 7) is 4.25. The molecule has 2 aromatic carbocycles. The summed E-state index contributed by atoms with van der Waals surface area (Å²) < 4.78 is 10.7. The molecular formula is C25H32N2O9. The van der Waals surface area contributed by atoms with Crippen LogP contribution in [0.15, 0.2) is 36.4 Å². The van der Waals surface area contributed by atoms with Crippen LogP contribution in [0.5, 0.6) is 17.2 Å². The average molecular weight is 505 g/mol. The highest BCUT2D eigenvalue weighted by Gasteiger charge is 2.26. The molecule has 1 atom stereocenters. The summed E-state index contributed by atoms with van der Waals surface area (Å²) in [4.78, 5) is 30.8. The number of fused-ring (bicyclic) bond motifs is 1. The van der Waals surface area contributed by atoms with E-state index in [-0.39, 0.29) is 43.2 Å². The van der Waals surface area contributed by atoms with E-state index in [2.05, 4.69) is 24.5 Å². The quantitative estimate of drug-likeness (QED) is 0.282. The number of anilines is 1. The molecule has 11 heteroatoms. The van der Waals surface area contributed by atoms with Crippen molar-refractivity contribution in [2.24, 2.45) is 0 Å². The Bertz CT molecular complexity index is 1050. The SMILES string of the molecule is COc1ccc(CC(C)(C)NC[C@H](O)c2cc(O)cc3c2OCC(=O)N3)cc1.O=C(O)CCC(=O)O. The van der Waals surface area contributed by atoms with Crippen molar-refractivity contribution in [1.29, 1.82) is 0 Å². The number of phenolic OH excluding ortho intramolecular Hbond substituents is 1. The van der Waals surface area contributed by atoms with Crippen LogP contribution in [0, 0.1) is 0 Å². The Labute approximate surface area is 208 Å². The van der Waals surface area contributed by atoms with Crippen LogP contribution in [0.2, 0.25) is 0 Å². The van der Waals surface area contributed by atoms with Crippen molar-refractivity contribution >= 4 is 23.5 Å². The first-order valence-electron chi connectivity index (χ1n) is 11.2. The Kier molecular flexibility index (Phi) is 10.1. The number of carboxylic acids is 2. The molecule has 0 bridgehead atoms. The second-order valence-electron chi connectivity index (χ2n) is 8.84. The minimum Gasteiger partial charge on any atom is -0.508 e. The molecule has 3 rings (SSSR count). The molecule has 1 aliphatic rings. The lowest BCUT2D eigenvalue weighted by Gasteiger charge is -2.29. The number of methoxy groups -OCH3 is 1. The van der Waals surface area contributed by atoms with Crippen LogP contribution in [0.4, 0.5) is 5.69 Å². The Morgan fingerprint density at radius 1 is 1.14 bits per heavy atom. The maximum absolute atomic E-state index is 11.5. The van der Waals surface area contributed by atoms with E-state index in [0.717, 1.165) is 17.7 Å². The van der Waals surface area contributed by atoms with Gasteiger partial charge in [0.15, 0.2) is 6.61 Å². The van der Waals surface area contributed by atoms with Crippen LogP contribution in [0.3, 0.4) is 0 Å². The monoisotopic (exact) mass is 504 g/mol. The van der Waals surface area contributed by atoms with Crippen molar-refractivity contribution < 1.29 is 44.3 Å². The summed E-state index contributed by atoms with van der Waals surface area (Å²) in [7, 11) is 1.64. The summed E-state index contributed by atoms with van der Waals surface area (Å²) in [6.07, 6.45) is -0.745. The summed E-state index contributed by atoms with van der Waals surface area (Å²) in [5.74, 6) is -1.29. The largest absolute Gasteiger partial charge is 0.508 e. The number of hydrogen-bond donors (Lipinski definition) is 6. The predicted molar refractivity (Wildman–Crippen MR) is 130 cm³/mol. The third-order valence-corrected chi connectivity index (χ3v) is 5.21. The zero-order chi connectivity index (χ0) is 26.9. The number of carbonyl (C=O) groups is 3. The topological polar surface area (TPSA) is 175 Å². The van der Waals surface area contributed by atoms with Crippen molar-refractivity contribution in [3.8, 4) is 17.2 Å². The van der Waals surface area contributed by atoms with Gasteiger partial charge in [-0.05, 0) is 44.0 Å². The molecule has 36 heavy (non-hydrogen) atoms. The summed E-state index contributed by atoms with van der Waals surface area (Å²) in [5.41, 5.74) is 1.67. The molecule has 0 aliphatic carbocycles. The number of hydrogen-bond acceptors (Lipinski definition) is 8. The molecule has 0 unspecified atom stereocenters. The molecule has 1 heterocycles. The zero-order valence-electron chi connectivity index (χ0n) is 20.4. The van der Waals surface area contributed by atoms with Crippen molar-refractivity contribution in [2.45, 2.75) is 44.8 Å². The van der Waals surface area contributed by atoms with E-state index in [0.29, 0.717) is 17.0 Å². The van der Waals surface area contributed by atoms with Gasteiger partial charge >= 0.3 is 11.9 Å². The van der Waals surface area contributed by atoms with Crippen molar-refractivity contribution in [1.82, 2.24) is 5.32 Å². The molecular weight excluding hydrogens is 472 g/mol. The minimum absolute atomic E-state index is 0.0453. The van der Waals surface area contributed by atoms with E-state index in [4.69, 9.17) is 19.7 Å². The van der Waals surface area contributed by atoms with Gasteiger partial charge in [-0.15, -0.1) is 0 Å². The Morgan fingerprint density at radius 3 is 2.31 bits per heavy atom. The fourth-order valence-electron chi connectivity index (χ4n) is 3.47. The highest BCUT2D eigenvalue weighted by atomic mass is 16.5. The van der Waals surface area contributed by atoms with Crippen LogP contribution >= 0.6 is 0 Å². The van der Waals surface area contributed by atoms with Gasteiger partial charge in [-0.1, -0.05) is 12.1 Å². The highest BCUT2D eigenvalue weighted by molar-refractivity contribution is 5.96. The number of amides is 1. The zero-order valence-corrected chi connectivity index (χ0v) is 20.4. The van der Waals surface area contributed by atoms with Crippen LogP contribution in [-0.4, -0.2) is 64.1 Å². The van der Waals surface area contributed by atoms with E-state index in [1.165, 1.54) is 12.1 Å². The summed E-state index contributed by atoms with van der Waals surface area (Å²) >= 11 is 0. The fraction of sp³-hybridized carbons (Fsp3) is 0.400. The molecule has 2 aromatic rings. The maximum Gasteiger partial charge on any atom is 0.303 e. The van der Waals surface area contributed by atoms with Gasteiger partial charge in [-0.3, -0.25) is 14.4 Å². The molecule has 0 fully saturated rings. The molecule has 196 valence electrons. The van der Waals surface area contributed by atoms with Crippen molar-refractivity contribution in [2.75, 3.05) is 25.6 Å². The maximum atomic E-state index is 11.5. The number of β-amino-alcohol motifs (C(OH)–C–C–N with tert-alkyl or cyclic N) is 1. The van der Waals surface area contributed by atoms with Gasteiger partial charge in [0.05, 0.1) is 31.7 Å². The molecule has 6 N–H and O–H groups in total. The second-order valence-corrected chi connectivity index (χ2v) is 8.84. The number of nitrogens with one attached hydrogen (secondary N) is 2. The first kappa shape index (κ1) is 28.4. The molecule has 1 amide bonds. The van der Waals surface area contributed by atoms with E-state index in [1.54, 1.807) is 7.11 Å². The Morgan fingerprint density at radius 2 is 1.75 bits per heavy atom. The normalized spacial score (nSPS) is 13.3. The van der Waals surface area contributed by atoms with Gasteiger partial charge in [-0.2, -0.15) is 0 Å². The number of benzene rings is 2. The van der Waals surface area contributed by atoms with Crippen LogP contribution in [0.1, 0.15) is 43.9 Å². The van der Waals surface area contributed by atoms with Crippen molar-refractivity contribution in [3.63, 3.8) is 0 Å². The number of ether oxygens (including phenoxy) is 2. The van der Waals surface area contributed by atoms with E-state index in [9.17, 15) is 24.6 Å². The van der Waals surface area contributed by atoms with Gasteiger partial charge in [0.25, 0.3) is 5.91 Å². The number of rotatable bonds is 10. The van der Waals surface area contributed by atoms with E-state index >= 15 is 0 Å². The molecule has 0 saturated carbocycles. The number of phenols is 1. The third-order valence-electron chi connectivity index (χ3n) is 5.21. The number of carboxylic acid groups (broad SMARTS) is 2. The summed E-state index contributed by atoms with van der Waals surface area (Å²) in [6, 6.07) is 10.7. The number of aliphatic carboxylic acids is 2. The van der Waals surface area contributed by atoms with Gasteiger partial charge in [0, 0.05) is 23.7 Å². The standard InChI is InChI=1S/C21H26N2O5.C4H6O4/c1-21(2,10-13-4-6-15(27-3)7-5-13)22-11-18(25)16-8-14(24)9-17-20(16)28-12-19(26)23-17;5-3(6)1-2-4(7)8/h4-9,18,22,24-25H,10-12H2,1-3H3,(H,23,26);1-2H2,(H,5,6)(H,7,8)/t18-;/m0./s1. The predicted octanol–water partition coefficient (Wildman–Crippen LogP) is 2.31. The molecule has 0 radical (unpaired) electrons. The molecule has 1 aliphatic heterocycles. The minimum atomic E-state index is -1.08. The molecule has 0 aromatic heterocycles. The molecule has 0 saturated heterocycles. The van der Waals surface area contributed by atoms with Gasteiger partial charge < -0.3 is 40.5 Å². The van der Waals surface area contributed by atoms with Crippen molar-refractivity contribution in [3.05, 3.63) is 47.5 Å². The summed E-state index contributed by atoms with van der Waals surface area (Å²) in [5, 5.41) is 42.4. The lowest BCUT2D eigenvalue weighted by atomic mass is 9.94. The fourth-order valence-corrected chi connectivity index (χ4v) is 3.47. The smallest absolute Gasteiger partial charge is 0.303 e. The Balaban J connectivity index is 0.000000493. The first-order chi connectivity index (χ1) is 16.9. The van der Waals surface area contributed by atoms with Gasteiger partial charge in [0.1, 0.15) is 17.2 Å². The van der Waals surface area contributed by atoms with Crippen LogP contribution in [0.25, 0.3) is 0 Å².